The van der Waals surface area contributed by atoms with Crippen molar-refractivity contribution in [2.75, 3.05) is 20.1 Å². The van der Waals surface area contributed by atoms with Crippen molar-refractivity contribution in [1.82, 2.24) is 9.80 Å². The van der Waals surface area contributed by atoms with E-state index in [2.05, 4.69) is 49.8 Å². The first kappa shape index (κ1) is 17.5. The predicted molar refractivity (Wildman–Crippen MR) is 99.5 cm³/mol. The minimum absolute atomic E-state index is 0.128. The summed E-state index contributed by atoms with van der Waals surface area (Å²) in [5.74, 6) is 0.219. The van der Waals surface area contributed by atoms with E-state index in [1.54, 1.807) is 0 Å². The standard InChI is InChI=1S/C21H32N2O/c1-21(2,3)17-12-10-16(11-13-17)20(24)23-15-7-9-19(23)18-8-5-6-14-22(18)4/h10-13,18-19H,5-9,14-15H2,1-4H3. The first-order chi connectivity index (χ1) is 11.4. The first-order valence-electron chi connectivity index (χ1n) is 9.49. The van der Waals surface area contributed by atoms with E-state index < -0.39 is 0 Å². The van der Waals surface area contributed by atoms with Crippen molar-refractivity contribution >= 4 is 5.91 Å². The van der Waals surface area contributed by atoms with Gasteiger partial charge in [-0.3, -0.25) is 4.79 Å². The first-order valence-corrected chi connectivity index (χ1v) is 9.49. The molecular weight excluding hydrogens is 296 g/mol. The third-order valence-electron chi connectivity index (χ3n) is 5.83. The highest BCUT2D eigenvalue weighted by Gasteiger charge is 2.37. The summed E-state index contributed by atoms with van der Waals surface area (Å²) in [6.45, 7) is 8.70. The van der Waals surface area contributed by atoms with Gasteiger partial charge in [-0.2, -0.15) is 0 Å². The number of rotatable bonds is 2. The van der Waals surface area contributed by atoms with Crippen LogP contribution in [0.2, 0.25) is 0 Å². The molecular formula is C21H32N2O. The number of hydrogen-bond acceptors (Lipinski definition) is 2. The second kappa shape index (κ2) is 6.87. The summed E-state index contributed by atoms with van der Waals surface area (Å²) in [7, 11) is 2.23. The van der Waals surface area contributed by atoms with Crippen molar-refractivity contribution in [3.05, 3.63) is 35.4 Å². The van der Waals surface area contributed by atoms with Gasteiger partial charge in [-0.25, -0.2) is 0 Å². The third kappa shape index (κ3) is 3.51. The van der Waals surface area contributed by atoms with E-state index >= 15 is 0 Å². The van der Waals surface area contributed by atoms with Gasteiger partial charge in [-0.05, 0) is 62.4 Å². The van der Waals surface area contributed by atoms with Crippen LogP contribution in [-0.2, 0) is 5.41 Å². The molecule has 0 spiro atoms. The van der Waals surface area contributed by atoms with Gasteiger partial charge in [0.25, 0.3) is 5.91 Å². The van der Waals surface area contributed by atoms with Gasteiger partial charge in [-0.1, -0.05) is 39.3 Å². The molecule has 24 heavy (non-hydrogen) atoms. The minimum atomic E-state index is 0.128. The monoisotopic (exact) mass is 328 g/mol. The highest BCUT2D eigenvalue weighted by atomic mass is 16.2. The van der Waals surface area contributed by atoms with E-state index in [4.69, 9.17) is 0 Å². The van der Waals surface area contributed by atoms with Crippen LogP contribution in [0, 0.1) is 0 Å². The zero-order chi connectivity index (χ0) is 17.3. The number of carbonyl (C=O) groups excluding carboxylic acids is 1. The molecule has 2 atom stereocenters. The van der Waals surface area contributed by atoms with Crippen molar-refractivity contribution in [3.63, 3.8) is 0 Å². The molecule has 0 saturated carbocycles. The minimum Gasteiger partial charge on any atom is -0.334 e. The Balaban J connectivity index is 1.76. The zero-order valence-electron chi connectivity index (χ0n) is 15.7. The highest BCUT2D eigenvalue weighted by molar-refractivity contribution is 5.94. The van der Waals surface area contributed by atoms with Gasteiger partial charge in [0.1, 0.15) is 0 Å². The molecule has 0 aromatic heterocycles. The number of likely N-dealkylation sites (tertiary alicyclic amines) is 2. The van der Waals surface area contributed by atoms with Gasteiger partial charge in [0.15, 0.2) is 0 Å². The second-order valence-corrected chi connectivity index (χ2v) is 8.58. The van der Waals surface area contributed by atoms with Crippen molar-refractivity contribution in [2.24, 2.45) is 0 Å². The largest absolute Gasteiger partial charge is 0.334 e. The lowest BCUT2D eigenvalue weighted by Crippen LogP contribution is -2.51. The van der Waals surface area contributed by atoms with Crippen LogP contribution in [-0.4, -0.2) is 47.9 Å². The number of amides is 1. The molecule has 1 aromatic carbocycles. The molecule has 2 aliphatic heterocycles. The molecule has 132 valence electrons. The predicted octanol–water partition coefficient (Wildman–Crippen LogP) is 4.07. The Morgan fingerprint density at radius 1 is 0.958 bits per heavy atom. The SMILES string of the molecule is CN1CCCCC1C1CCCN1C(=O)c1ccc(C(C)(C)C)cc1. The maximum Gasteiger partial charge on any atom is 0.254 e. The Labute approximate surface area is 147 Å². The van der Waals surface area contributed by atoms with E-state index in [0.717, 1.165) is 24.9 Å². The lowest BCUT2D eigenvalue weighted by atomic mass is 9.86. The molecule has 2 unspecified atom stereocenters. The second-order valence-electron chi connectivity index (χ2n) is 8.58. The summed E-state index contributed by atoms with van der Waals surface area (Å²) in [6, 6.07) is 9.20. The van der Waals surface area contributed by atoms with E-state index in [1.165, 1.54) is 31.4 Å². The summed E-state index contributed by atoms with van der Waals surface area (Å²) in [4.78, 5) is 17.7. The van der Waals surface area contributed by atoms with Gasteiger partial charge < -0.3 is 9.80 Å². The quantitative estimate of drug-likeness (QED) is 0.817. The van der Waals surface area contributed by atoms with Crippen LogP contribution >= 0.6 is 0 Å². The smallest absolute Gasteiger partial charge is 0.254 e. The van der Waals surface area contributed by atoms with Gasteiger partial charge in [0.05, 0.1) is 0 Å². The average molecular weight is 329 g/mol. The van der Waals surface area contributed by atoms with Crippen molar-refractivity contribution in [2.45, 2.75) is 70.4 Å². The van der Waals surface area contributed by atoms with E-state index in [9.17, 15) is 4.79 Å². The lowest BCUT2D eigenvalue weighted by Gasteiger charge is -2.40. The number of likely N-dealkylation sites (N-methyl/N-ethyl adjacent to an activating group) is 1. The Kier molecular flexibility index (Phi) is 5.00. The van der Waals surface area contributed by atoms with Crippen LogP contribution in [0.5, 0.6) is 0 Å². The van der Waals surface area contributed by atoms with Crippen LogP contribution in [0.15, 0.2) is 24.3 Å². The Bertz CT molecular complexity index is 572. The molecule has 3 rings (SSSR count). The van der Waals surface area contributed by atoms with Gasteiger partial charge >= 0.3 is 0 Å². The molecule has 2 fully saturated rings. The average Bonchev–Trinajstić information content (AvgIpc) is 3.03. The number of piperidine rings is 1. The van der Waals surface area contributed by atoms with E-state index in [-0.39, 0.29) is 11.3 Å². The van der Waals surface area contributed by atoms with Crippen LogP contribution in [0.1, 0.15) is 68.8 Å². The van der Waals surface area contributed by atoms with E-state index in [1.807, 2.05) is 12.1 Å². The molecule has 2 saturated heterocycles. The Morgan fingerprint density at radius 3 is 2.25 bits per heavy atom. The topological polar surface area (TPSA) is 23.6 Å². The van der Waals surface area contributed by atoms with Crippen LogP contribution in [0.25, 0.3) is 0 Å². The fourth-order valence-corrected chi connectivity index (χ4v) is 4.31. The summed E-state index contributed by atoms with van der Waals surface area (Å²) < 4.78 is 0. The molecule has 3 nitrogen and oxygen atoms in total. The zero-order valence-corrected chi connectivity index (χ0v) is 15.7. The van der Waals surface area contributed by atoms with Crippen molar-refractivity contribution < 1.29 is 4.79 Å². The number of carbonyl (C=O) groups is 1. The lowest BCUT2D eigenvalue weighted by molar-refractivity contribution is 0.0569. The molecule has 2 aliphatic rings. The molecule has 3 heteroatoms. The van der Waals surface area contributed by atoms with Crippen molar-refractivity contribution in [3.8, 4) is 0 Å². The van der Waals surface area contributed by atoms with Gasteiger partial charge in [0.2, 0.25) is 0 Å². The van der Waals surface area contributed by atoms with Crippen LogP contribution < -0.4 is 0 Å². The highest BCUT2D eigenvalue weighted by Crippen LogP contribution is 2.30. The van der Waals surface area contributed by atoms with Crippen LogP contribution in [0.3, 0.4) is 0 Å². The molecule has 0 radical (unpaired) electrons. The summed E-state index contributed by atoms with van der Waals surface area (Å²) in [5.41, 5.74) is 2.25. The maximum absolute atomic E-state index is 13.1. The van der Waals surface area contributed by atoms with Crippen molar-refractivity contribution in [1.29, 1.82) is 0 Å². The fraction of sp³-hybridized carbons (Fsp3) is 0.667. The molecule has 1 amide bonds. The number of benzene rings is 1. The molecule has 2 heterocycles. The third-order valence-corrected chi connectivity index (χ3v) is 5.83. The molecule has 0 N–H and O–H groups in total. The molecule has 0 aliphatic carbocycles. The fourth-order valence-electron chi connectivity index (χ4n) is 4.31. The van der Waals surface area contributed by atoms with Crippen LogP contribution in [0.4, 0.5) is 0 Å². The summed E-state index contributed by atoms with van der Waals surface area (Å²) in [6.07, 6.45) is 6.12. The Hall–Kier alpha value is -1.35. The van der Waals surface area contributed by atoms with Gasteiger partial charge in [0, 0.05) is 24.2 Å². The Morgan fingerprint density at radius 2 is 1.62 bits per heavy atom. The molecule has 0 bridgehead atoms. The van der Waals surface area contributed by atoms with Gasteiger partial charge in [-0.15, -0.1) is 0 Å². The number of nitrogens with zero attached hydrogens (tertiary/aromatic N) is 2. The molecule has 1 aromatic rings. The normalized spacial score (nSPS) is 25.9. The maximum atomic E-state index is 13.1. The summed E-state index contributed by atoms with van der Waals surface area (Å²) >= 11 is 0. The summed E-state index contributed by atoms with van der Waals surface area (Å²) in [5, 5.41) is 0. The number of hydrogen-bond donors (Lipinski definition) is 0. The van der Waals surface area contributed by atoms with E-state index in [0.29, 0.717) is 12.1 Å².